The van der Waals surface area contributed by atoms with Crippen LogP contribution in [0.5, 0.6) is 5.75 Å². The first-order valence-corrected chi connectivity index (χ1v) is 13.9. The predicted molar refractivity (Wildman–Crippen MR) is 147 cm³/mol. The van der Waals surface area contributed by atoms with Crippen LogP contribution in [0.4, 0.5) is 8.78 Å². The Balaban J connectivity index is 1.45. The fraction of sp³-hybridized carbons (Fsp3) is 0.481. The van der Waals surface area contributed by atoms with Crippen LogP contribution in [0.1, 0.15) is 67.1 Å². The van der Waals surface area contributed by atoms with E-state index in [1.807, 2.05) is 19.0 Å². The standard InChI is InChI=1S/C27H32F2N6O3S/c1-3-34-25(38)21-23(37)22(36)18(24(31)39-20(30)13-16-5-6-17(28)14-19(16)29)15-35(21)33(2)27(34)10-8-26(9-11-27)7-4-12-32-26/h5-6,14-15,30-32,37H,3-4,7-13H2,1-2H3. The average Bonchev–Trinajstić information content (AvgIpc) is 3.36. The van der Waals surface area contributed by atoms with Crippen molar-refractivity contribution in [3.8, 4) is 5.75 Å². The number of hydrogen-bond acceptors (Lipinski definition) is 8. The van der Waals surface area contributed by atoms with Gasteiger partial charge in [-0.15, -0.1) is 0 Å². The number of nitrogens with one attached hydrogen (secondary N) is 3. The minimum Gasteiger partial charge on any atom is -0.502 e. The highest BCUT2D eigenvalue weighted by atomic mass is 32.2. The van der Waals surface area contributed by atoms with E-state index in [4.69, 9.17) is 10.8 Å². The number of halogens is 2. The fourth-order valence-corrected chi connectivity index (χ4v) is 7.12. The van der Waals surface area contributed by atoms with Gasteiger partial charge in [0.2, 0.25) is 5.43 Å². The molecule has 5 rings (SSSR count). The minimum atomic E-state index is -0.883. The molecule has 2 aliphatic heterocycles. The Morgan fingerprint density at radius 1 is 1.15 bits per heavy atom. The molecule has 3 aliphatic rings. The Bertz CT molecular complexity index is 1410. The summed E-state index contributed by atoms with van der Waals surface area (Å²) in [5.74, 6) is -2.72. The van der Waals surface area contributed by atoms with Crippen LogP contribution in [0.2, 0.25) is 0 Å². The fourth-order valence-electron chi connectivity index (χ4n) is 6.39. The Kier molecular flexibility index (Phi) is 7.04. The zero-order chi connectivity index (χ0) is 28.1. The van der Waals surface area contributed by atoms with Gasteiger partial charge in [-0.2, -0.15) is 0 Å². The molecule has 0 unspecified atom stereocenters. The van der Waals surface area contributed by atoms with Gasteiger partial charge in [-0.1, -0.05) is 17.8 Å². The number of thioether (sulfide) groups is 1. The highest BCUT2D eigenvalue weighted by Crippen LogP contribution is 2.45. The number of carbonyl (C=O) groups excluding carboxylic acids is 1. The Labute approximate surface area is 229 Å². The first-order valence-electron chi connectivity index (χ1n) is 13.1. The summed E-state index contributed by atoms with van der Waals surface area (Å²) in [6, 6.07) is 3.05. The largest absolute Gasteiger partial charge is 0.502 e. The van der Waals surface area contributed by atoms with Gasteiger partial charge in [0.15, 0.2) is 11.4 Å². The number of benzene rings is 1. The molecule has 2 spiro atoms. The van der Waals surface area contributed by atoms with Crippen LogP contribution in [0.25, 0.3) is 0 Å². The van der Waals surface area contributed by atoms with E-state index < -0.39 is 34.4 Å². The number of pyridine rings is 1. The SMILES string of the molecule is CCN1C(=O)c2c(O)c(=O)c(C(=N)SC(=N)Cc3ccc(F)cc3F)cn2N(C)C12CCC1(CCCN1)CC2. The normalized spacial score (nSPS) is 24.5. The van der Waals surface area contributed by atoms with Crippen LogP contribution < -0.4 is 15.8 Å². The van der Waals surface area contributed by atoms with E-state index in [1.54, 1.807) is 4.90 Å². The lowest BCUT2D eigenvalue weighted by Gasteiger charge is -2.58. The lowest BCUT2D eigenvalue weighted by molar-refractivity contribution is 0.00157. The third-order valence-corrected chi connectivity index (χ3v) is 9.35. The van der Waals surface area contributed by atoms with Gasteiger partial charge in [0, 0.05) is 37.8 Å². The molecule has 1 aromatic carbocycles. The summed E-state index contributed by atoms with van der Waals surface area (Å²) in [6.07, 6.45) is 6.60. The Morgan fingerprint density at radius 3 is 2.49 bits per heavy atom. The topological polar surface area (TPSA) is 126 Å². The van der Waals surface area contributed by atoms with Gasteiger partial charge in [0.05, 0.1) is 10.6 Å². The van der Waals surface area contributed by atoms with Gasteiger partial charge in [0.25, 0.3) is 5.91 Å². The van der Waals surface area contributed by atoms with E-state index in [0.717, 1.165) is 44.4 Å². The highest BCUT2D eigenvalue weighted by Gasteiger charge is 2.54. The zero-order valence-corrected chi connectivity index (χ0v) is 22.8. The second-order valence-corrected chi connectivity index (χ2v) is 11.7. The second-order valence-electron chi connectivity index (χ2n) is 10.5. The summed E-state index contributed by atoms with van der Waals surface area (Å²) in [5.41, 5.74) is -1.70. The van der Waals surface area contributed by atoms with Gasteiger partial charge < -0.3 is 15.3 Å². The Morgan fingerprint density at radius 2 is 1.87 bits per heavy atom. The monoisotopic (exact) mass is 558 g/mol. The van der Waals surface area contributed by atoms with Crippen LogP contribution in [0, 0.1) is 22.5 Å². The van der Waals surface area contributed by atoms with Crippen molar-refractivity contribution in [2.45, 2.75) is 63.1 Å². The van der Waals surface area contributed by atoms with Gasteiger partial charge >= 0.3 is 0 Å². The zero-order valence-electron chi connectivity index (χ0n) is 21.9. The van der Waals surface area contributed by atoms with Gasteiger partial charge in [-0.3, -0.25) is 30.1 Å². The summed E-state index contributed by atoms with van der Waals surface area (Å²) in [4.78, 5) is 28.5. The molecule has 1 aliphatic carbocycles. The van der Waals surface area contributed by atoms with E-state index in [-0.39, 0.29) is 38.9 Å². The van der Waals surface area contributed by atoms with Crippen molar-refractivity contribution < 1.29 is 18.7 Å². The molecule has 2 aromatic rings. The molecule has 39 heavy (non-hydrogen) atoms. The smallest absolute Gasteiger partial charge is 0.278 e. The summed E-state index contributed by atoms with van der Waals surface area (Å²) in [6.45, 7) is 3.28. The summed E-state index contributed by atoms with van der Waals surface area (Å²) >= 11 is 0.640. The van der Waals surface area contributed by atoms with Crippen molar-refractivity contribution in [1.82, 2.24) is 14.9 Å². The maximum absolute atomic E-state index is 14.1. The number of aromatic hydroxyl groups is 1. The molecule has 3 heterocycles. The van der Waals surface area contributed by atoms with Crippen molar-refractivity contribution in [2.75, 3.05) is 25.1 Å². The molecule has 208 valence electrons. The van der Waals surface area contributed by atoms with Crippen LogP contribution in [0.15, 0.2) is 29.2 Å². The van der Waals surface area contributed by atoms with E-state index >= 15 is 0 Å². The molecular formula is C27H32F2N6O3S. The molecular weight excluding hydrogens is 526 g/mol. The Hall–Kier alpha value is -3.25. The molecule has 2 fully saturated rings. The van der Waals surface area contributed by atoms with E-state index in [0.29, 0.717) is 31.1 Å². The average molecular weight is 559 g/mol. The third kappa shape index (κ3) is 4.53. The lowest BCUT2D eigenvalue weighted by atomic mass is 9.74. The van der Waals surface area contributed by atoms with Crippen LogP contribution in [-0.4, -0.2) is 62.0 Å². The molecule has 1 saturated carbocycles. The van der Waals surface area contributed by atoms with Crippen LogP contribution >= 0.6 is 11.8 Å². The van der Waals surface area contributed by atoms with Gasteiger partial charge in [0.1, 0.15) is 22.3 Å². The highest BCUT2D eigenvalue weighted by molar-refractivity contribution is 8.26. The maximum atomic E-state index is 14.1. The van der Waals surface area contributed by atoms with Crippen molar-refractivity contribution in [3.05, 3.63) is 63.1 Å². The van der Waals surface area contributed by atoms with Crippen LogP contribution in [0.3, 0.4) is 0 Å². The molecule has 0 radical (unpaired) electrons. The van der Waals surface area contributed by atoms with Crippen molar-refractivity contribution in [2.24, 2.45) is 0 Å². The van der Waals surface area contributed by atoms with E-state index in [9.17, 15) is 23.5 Å². The van der Waals surface area contributed by atoms with Gasteiger partial charge in [-0.05, 0) is 63.6 Å². The summed E-state index contributed by atoms with van der Waals surface area (Å²) in [7, 11) is 1.82. The lowest BCUT2D eigenvalue weighted by Crippen LogP contribution is -2.71. The number of carbonyl (C=O) groups is 1. The second kappa shape index (κ2) is 10.1. The predicted octanol–water partition coefficient (Wildman–Crippen LogP) is 3.55. The minimum absolute atomic E-state index is 0.0782. The number of rotatable bonds is 4. The number of fused-ring (bicyclic) bond motifs is 1. The van der Waals surface area contributed by atoms with Crippen molar-refractivity contribution >= 4 is 27.8 Å². The molecule has 12 heteroatoms. The van der Waals surface area contributed by atoms with Crippen molar-refractivity contribution in [1.29, 1.82) is 10.8 Å². The molecule has 0 atom stereocenters. The molecule has 1 saturated heterocycles. The quantitative estimate of drug-likeness (QED) is 0.336. The number of aromatic nitrogens is 1. The van der Waals surface area contributed by atoms with Crippen molar-refractivity contribution in [3.63, 3.8) is 0 Å². The molecule has 1 aromatic heterocycles. The summed E-state index contributed by atoms with van der Waals surface area (Å²) in [5, 5.41) is 32.8. The first kappa shape index (κ1) is 27.3. The first-order chi connectivity index (χ1) is 18.5. The number of amides is 1. The maximum Gasteiger partial charge on any atom is 0.278 e. The third-order valence-electron chi connectivity index (χ3n) is 8.53. The number of hydrogen-bond donors (Lipinski definition) is 4. The van der Waals surface area contributed by atoms with E-state index in [2.05, 4.69) is 5.32 Å². The number of nitrogens with zero attached hydrogens (tertiary/aromatic N) is 3. The van der Waals surface area contributed by atoms with Gasteiger partial charge in [-0.25, -0.2) is 8.78 Å². The molecule has 0 bridgehead atoms. The molecule has 1 amide bonds. The molecule has 9 nitrogen and oxygen atoms in total. The van der Waals surface area contributed by atoms with Crippen LogP contribution in [-0.2, 0) is 6.42 Å². The summed E-state index contributed by atoms with van der Waals surface area (Å²) < 4.78 is 28.8. The van der Waals surface area contributed by atoms with E-state index in [1.165, 1.54) is 16.9 Å². The molecule has 4 N–H and O–H groups in total.